The van der Waals surface area contributed by atoms with Crippen LogP contribution >= 0.6 is 15.9 Å². The minimum atomic E-state index is -0.387. The van der Waals surface area contributed by atoms with Gasteiger partial charge in [-0.1, -0.05) is 28.1 Å². The number of aromatic hydroxyl groups is 1. The number of nitrogens with one attached hydrogen (secondary N) is 2. The molecule has 0 bridgehead atoms. The standard InChI is InChI=1S/C18H14BrN7O3/c19-11-5-6-14(27)10(7-11)8-21-23-15(28)9-26-13-4-2-1-3-12(13)22-18(26)16-17(20)25-29-24-16/h1-8H,9H2,(H4,20,21,22,23,24,25,27,28)/p+1. The van der Waals surface area contributed by atoms with Gasteiger partial charge in [-0.3, -0.25) is 4.79 Å². The number of imidazole rings is 1. The van der Waals surface area contributed by atoms with E-state index in [1.165, 1.54) is 12.3 Å². The zero-order chi connectivity index (χ0) is 20.4. The number of halogens is 1. The molecule has 1 amide bonds. The highest BCUT2D eigenvalue weighted by Crippen LogP contribution is 2.21. The number of anilines is 1. The largest absolute Gasteiger partial charge is 0.507 e. The molecule has 29 heavy (non-hydrogen) atoms. The van der Waals surface area contributed by atoms with Crippen molar-refractivity contribution < 1.29 is 19.1 Å². The second kappa shape index (κ2) is 7.72. The summed E-state index contributed by atoms with van der Waals surface area (Å²) in [6.45, 7) is -0.0621. The van der Waals surface area contributed by atoms with E-state index in [4.69, 9.17) is 5.73 Å². The maximum Gasteiger partial charge on any atom is 0.314 e. The molecule has 0 atom stereocenters. The Balaban J connectivity index is 1.59. The summed E-state index contributed by atoms with van der Waals surface area (Å²) in [6.07, 6.45) is 1.36. The average molecular weight is 457 g/mol. The second-order valence-electron chi connectivity index (χ2n) is 6.07. The molecule has 10 nitrogen and oxygen atoms in total. The fraction of sp³-hybridized carbons (Fsp3) is 0.0556. The fourth-order valence-corrected chi connectivity index (χ4v) is 3.20. The van der Waals surface area contributed by atoms with Gasteiger partial charge >= 0.3 is 5.82 Å². The van der Waals surface area contributed by atoms with E-state index in [9.17, 15) is 9.90 Å². The van der Waals surface area contributed by atoms with Crippen LogP contribution in [0.1, 0.15) is 5.56 Å². The summed E-state index contributed by atoms with van der Waals surface area (Å²) < 4.78 is 7.16. The molecule has 0 saturated heterocycles. The Morgan fingerprint density at radius 1 is 1.34 bits per heavy atom. The number of nitrogen functional groups attached to an aromatic ring is 1. The van der Waals surface area contributed by atoms with E-state index in [1.807, 2.05) is 24.3 Å². The van der Waals surface area contributed by atoms with Crippen LogP contribution in [0.4, 0.5) is 5.82 Å². The van der Waals surface area contributed by atoms with Crippen LogP contribution in [0.2, 0.25) is 0 Å². The molecule has 4 aromatic rings. The minimum absolute atomic E-state index is 0.0495. The first-order valence-electron chi connectivity index (χ1n) is 8.42. The summed E-state index contributed by atoms with van der Waals surface area (Å²) in [5.74, 6) is 0.248. The third-order valence-corrected chi connectivity index (χ3v) is 4.63. The van der Waals surface area contributed by atoms with E-state index < -0.39 is 0 Å². The molecule has 0 saturated carbocycles. The Hall–Kier alpha value is -3.73. The van der Waals surface area contributed by atoms with E-state index >= 15 is 0 Å². The van der Waals surface area contributed by atoms with Crippen LogP contribution < -0.4 is 15.7 Å². The number of carbonyl (C=O) groups is 1. The summed E-state index contributed by atoms with van der Waals surface area (Å²) in [7, 11) is 0. The van der Waals surface area contributed by atoms with E-state index in [0.717, 1.165) is 15.5 Å². The molecular weight excluding hydrogens is 442 g/mol. The number of nitrogens with zero attached hydrogens (tertiary/aromatic N) is 4. The average Bonchev–Trinajstić information content (AvgIpc) is 3.28. The van der Waals surface area contributed by atoms with Crippen molar-refractivity contribution in [1.82, 2.24) is 20.7 Å². The molecular formula is C18H15BrN7O3+. The van der Waals surface area contributed by atoms with E-state index in [1.54, 1.807) is 16.7 Å². The quantitative estimate of drug-likeness (QED) is 0.204. The Kier molecular flexibility index (Phi) is 4.96. The van der Waals surface area contributed by atoms with Crippen molar-refractivity contribution in [1.29, 1.82) is 0 Å². The molecule has 2 aromatic carbocycles. The maximum atomic E-state index is 12.5. The summed E-state index contributed by atoms with van der Waals surface area (Å²) in [5, 5.41) is 21.1. The number of aromatic amines is 1. The highest BCUT2D eigenvalue weighted by molar-refractivity contribution is 9.10. The highest BCUT2D eigenvalue weighted by Gasteiger charge is 2.27. The molecule has 0 aliphatic heterocycles. The van der Waals surface area contributed by atoms with Gasteiger partial charge in [0.1, 0.15) is 5.75 Å². The van der Waals surface area contributed by atoms with E-state index in [0.29, 0.717) is 17.1 Å². The smallest absolute Gasteiger partial charge is 0.314 e. The Labute approximate surface area is 172 Å². The predicted molar refractivity (Wildman–Crippen MR) is 108 cm³/mol. The number of rotatable bonds is 5. The predicted octanol–water partition coefficient (Wildman–Crippen LogP) is 1.71. The second-order valence-corrected chi connectivity index (χ2v) is 6.99. The molecule has 0 fully saturated rings. The lowest BCUT2D eigenvalue weighted by molar-refractivity contribution is -0.647. The molecule has 11 heteroatoms. The van der Waals surface area contributed by atoms with Crippen molar-refractivity contribution in [2.75, 3.05) is 5.73 Å². The van der Waals surface area contributed by atoms with Crippen molar-refractivity contribution in [3.63, 3.8) is 0 Å². The first kappa shape index (κ1) is 18.6. The monoisotopic (exact) mass is 456 g/mol. The molecule has 0 spiro atoms. The fourth-order valence-electron chi connectivity index (χ4n) is 2.82. The van der Waals surface area contributed by atoms with Gasteiger partial charge in [0.05, 0.1) is 6.21 Å². The number of hydrogen-bond acceptors (Lipinski definition) is 7. The summed E-state index contributed by atoms with van der Waals surface area (Å²) in [6, 6.07) is 12.3. The number of hydrogen-bond donors (Lipinski definition) is 4. The SMILES string of the molecule is Nc1nonc1-c1[nH]c2ccccc2[n+]1CC(=O)NN=Cc1cc(Br)ccc1O. The van der Waals surface area contributed by atoms with E-state index in [2.05, 4.69) is 46.4 Å². The third-order valence-electron chi connectivity index (χ3n) is 4.14. The number of hydrazone groups is 1. The lowest BCUT2D eigenvalue weighted by Gasteiger charge is -2.01. The normalized spacial score (nSPS) is 11.3. The Bertz CT molecular complexity index is 1230. The molecule has 0 aliphatic rings. The van der Waals surface area contributed by atoms with Crippen LogP contribution in [0, 0.1) is 0 Å². The topological polar surface area (TPSA) is 146 Å². The van der Waals surface area contributed by atoms with Crippen LogP contribution in [0.3, 0.4) is 0 Å². The molecule has 0 aliphatic carbocycles. The van der Waals surface area contributed by atoms with Gasteiger partial charge in [-0.15, -0.1) is 0 Å². The molecule has 146 valence electrons. The highest BCUT2D eigenvalue weighted by atomic mass is 79.9. The van der Waals surface area contributed by atoms with E-state index in [-0.39, 0.29) is 24.0 Å². The molecule has 0 unspecified atom stereocenters. The van der Waals surface area contributed by atoms with Crippen LogP contribution in [0.15, 0.2) is 56.7 Å². The van der Waals surface area contributed by atoms with Gasteiger partial charge in [0.25, 0.3) is 5.91 Å². The number of aromatic nitrogens is 4. The number of H-pyrrole nitrogens is 1. The number of carbonyl (C=O) groups excluding carboxylic acids is 1. The minimum Gasteiger partial charge on any atom is -0.507 e. The number of para-hydroxylation sites is 2. The third kappa shape index (κ3) is 3.80. The molecule has 4 rings (SSSR count). The molecule has 2 heterocycles. The van der Waals surface area contributed by atoms with Gasteiger partial charge in [-0.25, -0.2) is 19.6 Å². The maximum absolute atomic E-state index is 12.5. The van der Waals surface area contributed by atoms with Gasteiger partial charge in [0, 0.05) is 10.0 Å². The zero-order valence-corrected chi connectivity index (χ0v) is 16.4. The lowest BCUT2D eigenvalue weighted by atomic mass is 10.2. The molecule has 0 radical (unpaired) electrons. The van der Waals surface area contributed by atoms with Gasteiger partial charge < -0.3 is 10.8 Å². The lowest BCUT2D eigenvalue weighted by Crippen LogP contribution is -2.42. The van der Waals surface area contributed by atoms with Crippen molar-refractivity contribution >= 4 is 44.9 Å². The summed E-state index contributed by atoms with van der Waals surface area (Å²) in [4.78, 5) is 15.7. The van der Waals surface area contributed by atoms with Gasteiger partial charge in [-0.2, -0.15) is 5.10 Å². The summed E-state index contributed by atoms with van der Waals surface area (Å²) >= 11 is 3.32. The number of nitrogens with two attached hydrogens (primary N) is 1. The number of fused-ring (bicyclic) bond motifs is 1. The van der Waals surface area contributed by atoms with Gasteiger partial charge in [0.15, 0.2) is 17.6 Å². The first-order valence-corrected chi connectivity index (χ1v) is 9.21. The Morgan fingerprint density at radius 2 is 2.17 bits per heavy atom. The van der Waals surface area contributed by atoms with Gasteiger partial charge in [0.2, 0.25) is 11.5 Å². The number of phenols is 1. The van der Waals surface area contributed by atoms with Crippen molar-refractivity contribution in [3.05, 3.63) is 52.5 Å². The first-order chi connectivity index (χ1) is 14.0. The van der Waals surface area contributed by atoms with Crippen LogP contribution in [0.25, 0.3) is 22.6 Å². The molecule has 2 aromatic heterocycles. The van der Waals surface area contributed by atoms with Crippen LogP contribution in [-0.4, -0.2) is 32.5 Å². The number of amides is 1. The molecule has 5 N–H and O–H groups in total. The van der Waals surface area contributed by atoms with Crippen molar-refractivity contribution in [2.24, 2.45) is 5.10 Å². The van der Waals surface area contributed by atoms with Crippen LogP contribution in [-0.2, 0) is 11.3 Å². The van der Waals surface area contributed by atoms with Gasteiger partial charge in [-0.05, 0) is 40.6 Å². The number of benzene rings is 2. The zero-order valence-electron chi connectivity index (χ0n) is 14.8. The van der Waals surface area contributed by atoms with Crippen molar-refractivity contribution in [3.8, 4) is 17.3 Å². The Morgan fingerprint density at radius 3 is 2.97 bits per heavy atom. The van der Waals surface area contributed by atoms with Crippen LogP contribution in [0.5, 0.6) is 5.75 Å². The van der Waals surface area contributed by atoms with Crippen molar-refractivity contribution in [2.45, 2.75) is 6.54 Å². The number of phenolic OH excluding ortho intramolecular Hbond substituents is 1. The summed E-state index contributed by atoms with van der Waals surface area (Å²) in [5.41, 5.74) is 10.6.